The number of carbonyl (C=O) groups excluding carboxylic acids is 2. The Morgan fingerprint density at radius 2 is 2.21 bits per heavy atom. The van der Waals surface area contributed by atoms with E-state index in [1.54, 1.807) is 6.07 Å². The van der Waals surface area contributed by atoms with Crippen molar-refractivity contribution in [1.82, 2.24) is 15.2 Å². The van der Waals surface area contributed by atoms with Crippen molar-refractivity contribution in [3.63, 3.8) is 0 Å². The van der Waals surface area contributed by atoms with Gasteiger partial charge in [-0.15, -0.1) is 6.42 Å². The van der Waals surface area contributed by atoms with Crippen molar-refractivity contribution in [1.29, 1.82) is 0 Å². The Balaban J connectivity index is 2.10. The molecule has 1 aromatic heterocycles. The Morgan fingerprint density at radius 3 is 2.79 bits per heavy atom. The third-order valence-electron chi connectivity index (χ3n) is 4.81. The number of nitrogens with two attached hydrogens (primary N) is 1. The highest BCUT2D eigenvalue weighted by molar-refractivity contribution is 5.90. The quantitative estimate of drug-likeness (QED) is 0.612. The highest BCUT2D eigenvalue weighted by Crippen LogP contribution is 2.25. The summed E-state index contributed by atoms with van der Waals surface area (Å²) in [5.41, 5.74) is 6.69. The average Bonchev–Trinajstić information content (AvgIpc) is 3.05. The van der Waals surface area contributed by atoms with Crippen LogP contribution in [0, 0.1) is 17.8 Å². The summed E-state index contributed by atoms with van der Waals surface area (Å²) in [5, 5.41) is 12.8. The number of aliphatic hydroxyl groups is 1. The van der Waals surface area contributed by atoms with Gasteiger partial charge in [0.1, 0.15) is 17.5 Å². The molecule has 0 bridgehead atoms. The maximum absolute atomic E-state index is 12.8. The smallest absolute Gasteiger partial charge is 0.243 e. The molecule has 0 spiro atoms. The second-order valence-corrected chi connectivity index (χ2v) is 7.97. The van der Waals surface area contributed by atoms with Crippen LogP contribution in [0.2, 0.25) is 0 Å². The first-order chi connectivity index (χ1) is 13.1. The van der Waals surface area contributed by atoms with Crippen LogP contribution in [0.5, 0.6) is 5.75 Å². The summed E-state index contributed by atoms with van der Waals surface area (Å²) < 4.78 is 5.26. The number of aromatic nitrogens is 1. The lowest BCUT2D eigenvalue weighted by Crippen LogP contribution is -2.54. The number of amides is 2. The molecule has 2 amide bonds. The number of nitrogens with zero attached hydrogens (tertiary/aromatic N) is 2. The minimum absolute atomic E-state index is 0.0825. The summed E-state index contributed by atoms with van der Waals surface area (Å²) in [6.07, 6.45) is 6.26. The number of likely N-dealkylation sites (tertiary alicyclic amines) is 1. The topological polar surface area (TPSA) is 118 Å². The van der Waals surface area contributed by atoms with Gasteiger partial charge in [0.2, 0.25) is 11.8 Å². The van der Waals surface area contributed by atoms with Gasteiger partial charge in [-0.1, -0.05) is 26.7 Å². The summed E-state index contributed by atoms with van der Waals surface area (Å²) >= 11 is 0. The maximum Gasteiger partial charge on any atom is 0.243 e. The van der Waals surface area contributed by atoms with Crippen LogP contribution in [0.25, 0.3) is 0 Å². The molecule has 0 aliphatic carbocycles. The summed E-state index contributed by atoms with van der Waals surface area (Å²) in [5.74, 6) is 2.21. The first-order valence-corrected chi connectivity index (χ1v) is 9.09. The predicted octanol–water partition coefficient (Wildman–Crippen LogP) is 0.0229. The number of carbonyl (C=O) groups is 2. The summed E-state index contributed by atoms with van der Waals surface area (Å²) in [6, 6.07) is 0.101. The van der Waals surface area contributed by atoms with Gasteiger partial charge in [-0.25, -0.2) is 0 Å². The summed E-state index contributed by atoms with van der Waals surface area (Å²) in [7, 11) is 1.49. The lowest BCUT2D eigenvalue weighted by atomic mass is 9.86. The molecule has 8 nitrogen and oxygen atoms in total. The van der Waals surface area contributed by atoms with Gasteiger partial charge < -0.3 is 25.8 Å². The van der Waals surface area contributed by atoms with E-state index in [4.69, 9.17) is 16.9 Å². The lowest BCUT2D eigenvalue weighted by molar-refractivity contribution is -0.141. The zero-order valence-electron chi connectivity index (χ0n) is 16.7. The monoisotopic (exact) mass is 388 g/mol. The fourth-order valence-corrected chi connectivity index (χ4v) is 3.00. The number of aliphatic hydroxyl groups excluding tert-OH is 1. The molecule has 4 N–H and O–H groups in total. The van der Waals surface area contributed by atoms with Crippen LogP contribution < -0.4 is 15.8 Å². The third kappa shape index (κ3) is 4.80. The van der Waals surface area contributed by atoms with Gasteiger partial charge in [0.05, 0.1) is 25.8 Å². The lowest BCUT2D eigenvalue weighted by Gasteiger charge is -2.32. The van der Waals surface area contributed by atoms with Gasteiger partial charge >= 0.3 is 0 Å². The molecule has 2 heterocycles. The standard InChI is InChI=1S/C20H28N4O4/c1-6-12-7-16(28-5)14(22-9-12)10-23-18(26)15-8-13(25)11-24(15)19(27)17(21)20(2,3)4/h1,7,9,13,15,17,25H,8,10-11,21H2,2-5H3,(H,23,26)/t13-,15+,17?/m1/s1. The van der Waals surface area contributed by atoms with E-state index >= 15 is 0 Å². The fourth-order valence-electron chi connectivity index (χ4n) is 3.00. The van der Waals surface area contributed by atoms with E-state index in [-0.39, 0.29) is 31.3 Å². The highest BCUT2D eigenvalue weighted by Gasteiger charge is 2.42. The molecule has 1 aliphatic heterocycles. The van der Waals surface area contributed by atoms with Crippen LogP contribution in [0.3, 0.4) is 0 Å². The number of ether oxygens (including phenoxy) is 1. The minimum atomic E-state index is -0.785. The zero-order valence-corrected chi connectivity index (χ0v) is 16.7. The molecule has 0 radical (unpaired) electrons. The molecular formula is C20H28N4O4. The molecule has 3 atom stereocenters. The Labute approximate surface area is 165 Å². The van der Waals surface area contributed by atoms with E-state index in [1.165, 1.54) is 18.2 Å². The SMILES string of the molecule is C#Cc1cnc(CNC(=O)[C@@H]2C[C@@H](O)CN2C(=O)C(N)C(C)(C)C)c(OC)c1. The Hall–Kier alpha value is -2.63. The molecule has 28 heavy (non-hydrogen) atoms. The van der Waals surface area contributed by atoms with Crippen molar-refractivity contribution in [3.8, 4) is 18.1 Å². The van der Waals surface area contributed by atoms with E-state index in [0.29, 0.717) is 17.0 Å². The number of β-amino-alcohol motifs (C(OH)–C–C–N with tert-alkyl or cyclic N) is 1. The first kappa shape index (κ1) is 21.7. The van der Waals surface area contributed by atoms with Crippen LogP contribution >= 0.6 is 0 Å². The van der Waals surface area contributed by atoms with Crippen molar-refractivity contribution in [2.24, 2.45) is 11.1 Å². The van der Waals surface area contributed by atoms with Crippen LogP contribution in [-0.4, -0.2) is 58.6 Å². The van der Waals surface area contributed by atoms with Crippen LogP contribution in [0.15, 0.2) is 12.3 Å². The van der Waals surface area contributed by atoms with Crippen molar-refractivity contribution >= 4 is 11.8 Å². The third-order valence-corrected chi connectivity index (χ3v) is 4.81. The van der Waals surface area contributed by atoms with Crippen molar-refractivity contribution in [2.45, 2.75) is 51.9 Å². The molecule has 0 saturated carbocycles. The van der Waals surface area contributed by atoms with Gasteiger partial charge in [-0.2, -0.15) is 0 Å². The highest BCUT2D eigenvalue weighted by atomic mass is 16.5. The summed E-state index contributed by atoms with van der Waals surface area (Å²) in [4.78, 5) is 31.1. The second-order valence-electron chi connectivity index (χ2n) is 7.97. The van der Waals surface area contributed by atoms with E-state index in [2.05, 4.69) is 16.2 Å². The van der Waals surface area contributed by atoms with E-state index in [9.17, 15) is 14.7 Å². The molecule has 0 aromatic carbocycles. The number of rotatable bonds is 5. The molecule has 1 unspecified atom stereocenters. The van der Waals surface area contributed by atoms with Gasteiger partial charge in [-0.05, 0) is 11.5 Å². The number of hydrogen-bond donors (Lipinski definition) is 3. The van der Waals surface area contributed by atoms with Gasteiger partial charge in [0, 0.05) is 24.7 Å². The van der Waals surface area contributed by atoms with E-state index < -0.39 is 23.6 Å². The molecular weight excluding hydrogens is 360 g/mol. The molecule has 1 aromatic rings. The van der Waals surface area contributed by atoms with Crippen molar-refractivity contribution < 1.29 is 19.4 Å². The van der Waals surface area contributed by atoms with Crippen LogP contribution in [-0.2, 0) is 16.1 Å². The minimum Gasteiger partial charge on any atom is -0.495 e. The maximum atomic E-state index is 12.8. The van der Waals surface area contributed by atoms with Crippen LogP contribution in [0.1, 0.15) is 38.4 Å². The molecule has 1 saturated heterocycles. The van der Waals surface area contributed by atoms with Crippen molar-refractivity contribution in [2.75, 3.05) is 13.7 Å². The van der Waals surface area contributed by atoms with E-state index in [1.807, 2.05) is 20.8 Å². The molecule has 1 aliphatic rings. The van der Waals surface area contributed by atoms with Gasteiger partial charge in [0.25, 0.3) is 0 Å². The normalized spacial score (nSPS) is 20.4. The summed E-state index contributed by atoms with van der Waals surface area (Å²) in [6.45, 7) is 5.75. The fraction of sp³-hybridized carbons (Fsp3) is 0.550. The number of pyridine rings is 1. The van der Waals surface area contributed by atoms with Gasteiger partial charge in [0.15, 0.2) is 0 Å². The zero-order chi connectivity index (χ0) is 21.1. The number of hydrogen-bond acceptors (Lipinski definition) is 6. The molecule has 1 fully saturated rings. The predicted molar refractivity (Wildman–Crippen MR) is 104 cm³/mol. The number of nitrogens with one attached hydrogen (secondary N) is 1. The van der Waals surface area contributed by atoms with Gasteiger partial charge in [-0.3, -0.25) is 14.6 Å². The number of terminal acetylenes is 1. The first-order valence-electron chi connectivity index (χ1n) is 9.09. The second kappa shape index (κ2) is 8.59. The average molecular weight is 388 g/mol. The molecule has 2 rings (SSSR count). The van der Waals surface area contributed by atoms with Crippen LogP contribution in [0.4, 0.5) is 0 Å². The van der Waals surface area contributed by atoms with Crippen molar-refractivity contribution in [3.05, 3.63) is 23.5 Å². The Morgan fingerprint density at radius 1 is 1.54 bits per heavy atom. The number of methoxy groups -OCH3 is 1. The van der Waals surface area contributed by atoms with E-state index in [0.717, 1.165) is 0 Å². The largest absolute Gasteiger partial charge is 0.495 e. The molecule has 8 heteroatoms. The molecule has 152 valence electrons. The Kier molecular flexibility index (Phi) is 6.65. The Bertz CT molecular complexity index is 781.